The largest absolute Gasteiger partial charge is 0.339 e. The van der Waals surface area contributed by atoms with Crippen molar-refractivity contribution in [2.75, 3.05) is 20.1 Å². The second-order valence-electron chi connectivity index (χ2n) is 5.62. The molecule has 20 heavy (non-hydrogen) atoms. The number of piperidine rings is 1. The molecule has 0 aliphatic carbocycles. The number of likely N-dealkylation sites (N-methyl/N-ethyl adjacent to an activating group) is 1. The van der Waals surface area contributed by atoms with Crippen LogP contribution in [-0.4, -0.2) is 41.2 Å². The number of halogens is 2. The van der Waals surface area contributed by atoms with Crippen LogP contribution in [0.5, 0.6) is 0 Å². The Morgan fingerprint density at radius 1 is 1.40 bits per heavy atom. The maximum atomic E-state index is 5.26. The lowest BCUT2D eigenvalue weighted by Gasteiger charge is -2.30. The summed E-state index contributed by atoms with van der Waals surface area (Å²) in [6.07, 6.45) is 3.36. The van der Waals surface area contributed by atoms with Gasteiger partial charge >= 0.3 is 0 Å². The molecule has 0 aromatic carbocycles. The molecule has 1 saturated heterocycles. The highest BCUT2D eigenvalue weighted by molar-refractivity contribution is 5.85. The number of nitrogens with zero attached hydrogens (tertiary/aromatic N) is 3. The third-order valence-electron chi connectivity index (χ3n) is 3.38. The van der Waals surface area contributed by atoms with E-state index in [1.807, 2.05) is 0 Å². The average Bonchev–Trinajstić information content (AvgIpc) is 2.76. The summed E-state index contributed by atoms with van der Waals surface area (Å²) in [4.78, 5) is 6.76. The fraction of sp³-hybridized carbons (Fsp3) is 0.846. The topological polar surface area (TPSA) is 54.2 Å². The number of hydrogen-bond donors (Lipinski definition) is 1. The summed E-state index contributed by atoms with van der Waals surface area (Å²) in [6.45, 7) is 7.29. The molecule has 0 amide bonds. The molecule has 1 fully saturated rings. The van der Waals surface area contributed by atoms with Gasteiger partial charge in [-0.1, -0.05) is 19.0 Å². The van der Waals surface area contributed by atoms with Gasteiger partial charge in [-0.3, -0.25) is 4.90 Å². The SMILES string of the molecule is CC(C)Cc1nc(CN(C)C2CCCNC2)no1.Cl.Cl. The third-order valence-corrected chi connectivity index (χ3v) is 3.38. The molecule has 0 saturated carbocycles. The summed E-state index contributed by atoms with van der Waals surface area (Å²) < 4.78 is 5.26. The first-order chi connectivity index (χ1) is 8.65. The van der Waals surface area contributed by atoms with Gasteiger partial charge in [-0.2, -0.15) is 4.98 Å². The molecule has 1 unspecified atom stereocenters. The van der Waals surface area contributed by atoms with Crippen LogP contribution in [0.25, 0.3) is 0 Å². The fourth-order valence-corrected chi connectivity index (χ4v) is 2.35. The third kappa shape index (κ3) is 5.95. The second kappa shape index (κ2) is 9.55. The van der Waals surface area contributed by atoms with E-state index in [0.717, 1.165) is 37.8 Å². The van der Waals surface area contributed by atoms with Crippen molar-refractivity contribution in [1.82, 2.24) is 20.4 Å². The van der Waals surface area contributed by atoms with E-state index in [2.05, 4.69) is 41.3 Å². The van der Waals surface area contributed by atoms with Crippen molar-refractivity contribution >= 4 is 24.8 Å². The molecule has 1 aromatic rings. The van der Waals surface area contributed by atoms with Gasteiger partial charge in [0.2, 0.25) is 5.89 Å². The zero-order valence-electron chi connectivity index (χ0n) is 12.5. The van der Waals surface area contributed by atoms with Gasteiger partial charge in [0.1, 0.15) is 0 Å². The van der Waals surface area contributed by atoms with E-state index in [9.17, 15) is 0 Å². The van der Waals surface area contributed by atoms with Crippen LogP contribution in [0, 0.1) is 5.92 Å². The number of hydrogen-bond acceptors (Lipinski definition) is 5. The highest BCUT2D eigenvalue weighted by Crippen LogP contribution is 2.12. The highest BCUT2D eigenvalue weighted by atomic mass is 35.5. The van der Waals surface area contributed by atoms with Crippen LogP contribution in [-0.2, 0) is 13.0 Å². The van der Waals surface area contributed by atoms with Gasteiger partial charge in [0.15, 0.2) is 5.82 Å². The van der Waals surface area contributed by atoms with E-state index in [-0.39, 0.29) is 24.8 Å². The smallest absolute Gasteiger partial charge is 0.226 e. The van der Waals surface area contributed by atoms with Crippen molar-refractivity contribution in [3.63, 3.8) is 0 Å². The van der Waals surface area contributed by atoms with Gasteiger partial charge in [-0.15, -0.1) is 24.8 Å². The molecule has 1 aromatic heterocycles. The van der Waals surface area contributed by atoms with Crippen molar-refractivity contribution < 1.29 is 4.52 Å². The lowest BCUT2D eigenvalue weighted by Crippen LogP contribution is -2.43. The molecular formula is C13H26Cl2N4O. The van der Waals surface area contributed by atoms with E-state index < -0.39 is 0 Å². The van der Waals surface area contributed by atoms with Gasteiger partial charge in [0.25, 0.3) is 0 Å². The molecule has 0 bridgehead atoms. The Labute approximate surface area is 133 Å². The minimum absolute atomic E-state index is 0. The van der Waals surface area contributed by atoms with Crippen LogP contribution < -0.4 is 5.32 Å². The molecule has 7 heteroatoms. The minimum Gasteiger partial charge on any atom is -0.339 e. The first kappa shape index (κ1) is 19.6. The molecule has 2 rings (SSSR count). The summed E-state index contributed by atoms with van der Waals surface area (Å²) in [7, 11) is 2.14. The molecule has 0 spiro atoms. The van der Waals surface area contributed by atoms with E-state index in [4.69, 9.17) is 4.52 Å². The van der Waals surface area contributed by atoms with Gasteiger partial charge in [0.05, 0.1) is 6.54 Å². The van der Waals surface area contributed by atoms with Crippen molar-refractivity contribution in [2.24, 2.45) is 5.92 Å². The van der Waals surface area contributed by atoms with Crippen molar-refractivity contribution in [3.8, 4) is 0 Å². The summed E-state index contributed by atoms with van der Waals surface area (Å²) in [6, 6.07) is 0.589. The lowest BCUT2D eigenvalue weighted by atomic mass is 10.1. The van der Waals surface area contributed by atoms with Crippen molar-refractivity contribution in [1.29, 1.82) is 0 Å². The Balaban J connectivity index is 0.00000180. The molecule has 1 N–H and O–H groups in total. The maximum Gasteiger partial charge on any atom is 0.226 e. The van der Waals surface area contributed by atoms with Crippen LogP contribution in [0.4, 0.5) is 0 Å². The molecule has 1 aliphatic rings. The van der Waals surface area contributed by atoms with E-state index in [0.29, 0.717) is 12.0 Å². The van der Waals surface area contributed by atoms with Crippen LogP contribution in [0.15, 0.2) is 4.52 Å². The minimum atomic E-state index is 0. The van der Waals surface area contributed by atoms with Crippen LogP contribution in [0.3, 0.4) is 0 Å². The zero-order valence-corrected chi connectivity index (χ0v) is 14.1. The number of aromatic nitrogens is 2. The first-order valence-electron chi connectivity index (χ1n) is 6.87. The average molecular weight is 325 g/mol. The predicted octanol–water partition coefficient (Wildman–Crippen LogP) is 2.30. The van der Waals surface area contributed by atoms with Crippen molar-refractivity contribution in [2.45, 2.75) is 45.7 Å². The summed E-state index contributed by atoms with van der Waals surface area (Å²) in [5, 5.41) is 7.48. The monoisotopic (exact) mass is 324 g/mol. The molecule has 1 aliphatic heterocycles. The van der Waals surface area contributed by atoms with Crippen LogP contribution >= 0.6 is 24.8 Å². The van der Waals surface area contributed by atoms with Gasteiger partial charge in [-0.05, 0) is 32.4 Å². The van der Waals surface area contributed by atoms with Gasteiger partial charge in [0, 0.05) is 19.0 Å². The van der Waals surface area contributed by atoms with Gasteiger partial charge in [-0.25, -0.2) is 0 Å². The molecule has 1 atom stereocenters. The number of nitrogens with one attached hydrogen (secondary N) is 1. The normalized spacial score (nSPS) is 18.8. The Hall–Kier alpha value is -0.360. The highest BCUT2D eigenvalue weighted by Gasteiger charge is 2.19. The second-order valence-corrected chi connectivity index (χ2v) is 5.62. The van der Waals surface area contributed by atoms with Crippen LogP contribution in [0.1, 0.15) is 38.4 Å². The van der Waals surface area contributed by atoms with E-state index in [1.54, 1.807) is 0 Å². The molecule has 5 nitrogen and oxygen atoms in total. The van der Waals surface area contributed by atoms with Gasteiger partial charge < -0.3 is 9.84 Å². The Bertz CT molecular complexity index is 367. The Morgan fingerprint density at radius 3 is 2.75 bits per heavy atom. The Kier molecular flexibility index (Phi) is 9.38. The number of rotatable bonds is 5. The summed E-state index contributed by atoms with van der Waals surface area (Å²) in [5.74, 6) is 2.12. The standard InChI is InChI=1S/C13H24N4O.2ClH/c1-10(2)7-13-15-12(16-18-13)9-17(3)11-5-4-6-14-8-11;;/h10-11,14H,4-9H2,1-3H3;2*1H. The summed E-state index contributed by atoms with van der Waals surface area (Å²) >= 11 is 0. The first-order valence-corrected chi connectivity index (χ1v) is 6.87. The molecule has 2 heterocycles. The molecule has 118 valence electrons. The molecule has 0 radical (unpaired) electrons. The van der Waals surface area contributed by atoms with E-state index in [1.165, 1.54) is 12.8 Å². The van der Waals surface area contributed by atoms with Crippen LogP contribution in [0.2, 0.25) is 0 Å². The zero-order chi connectivity index (χ0) is 13.0. The molecular weight excluding hydrogens is 299 g/mol. The lowest BCUT2D eigenvalue weighted by molar-refractivity contribution is 0.189. The maximum absolute atomic E-state index is 5.26. The summed E-state index contributed by atoms with van der Waals surface area (Å²) in [5.41, 5.74) is 0. The fourth-order valence-electron chi connectivity index (χ4n) is 2.35. The van der Waals surface area contributed by atoms with Crippen molar-refractivity contribution in [3.05, 3.63) is 11.7 Å². The Morgan fingerprint density at radius 2 is 2.15 bits per heavy atom. The quantitative estimate of drug-likeness (QED) is 0.900. The predicted molar refractivity (Wildman–Crippen MR) is 84.7 cm³/mol. The van der Waals surface area contributed by atoms with E-state index >= 15 is 0 Å².